The lowest BCUT2D eigenvalue weighted by Crippen LogP contribution is -2.62. The van der Waals surface area contributed by atoms with Crippen molar-refractivity contribution in [3.63, 3.8) is 0 Å². The first-order chi connectivity index (χ1) is 13.5. The number of para-hydroxylation sites is 2. The van der Waals surface area contributed by atoms with Gasteiger partial charge in [0.2, 0.25) is 0 Å². The summed E-state index contributed by atoms with van der Waals surface area (Å²) in [6, 6.07) is 7.74. The van der Waals surface area contributed by atoms with Gasteiger partial charge in [-0.15, -0.1) is 0 Å². The van der Waals surface area contributed by atoms with E-state index in [0.717, 1.165) is 23.6 Å². The zero-order valence-electron chi connectivity index (χ0n) is 17.4. The molecule has 1 aromatic carbocycles. The standard InChI is InChI=1S/C21H28N4O4/c1-20(2)11-13(12-21(3,4)24-20)22-19(28)18-15(26)10-17(27)25(23-18)14-8-6-7-9-16(14)29-5/h6-10,13,24,26H,11-12H2,1-5H3,(H,22,28). The summed E-state index contributed by atoms with van der Waals surface area (Å²) in [4.78, 5) is 25.3. The van der Waals surface area contributed by atoms with Crippen molar-refractivity contribution in [3.8, 4) is 17.2 Å². The summed E-state index contributed by atoms with van der Waals surface area (Å²) in [7, 11) is 1.48. The number of amides is 1. The molecule has 1 saturated heterocycles. The largest absolute Gasteiger partial charge is 0.505 e. The van der Waals surface area contributed by atoms with Gasteiger partial charge in [0, 0.05) is 23.2 Å². The van der Waals surface area contributed by atoms with Crippen molar-refractivity contribution in [2.45, 2.75) is 57.7 Å². The number of aromatic hydroxyl groups is 1. The third-order valence-electron chi connectivity index (χ3n) is 4.97. The van der Waals surface area contributed by atoms with Crippen LogP contribution < -0.4 is 20.9 Å². The van der Waals surface area contributed by atoms with Crippen LogP contribution in [0.3, 0.4) is 0 Å². The number of carbonyl (C=O) groups is 1. The van der Waals surface area contributed by atoms with Gasteiger partial charge in [0.1, 0.15) is 11.4 Å². The highest BCUT2D eigenvalue weighted by Gasteiger charge is 2.38. The number of carbonyl (C=O) groups excluding carboxylic acids is 1. The van der Waals surface area contributed by atoms with Gasteiger partial charge in [-0.1, -0.05) is 12.1 Å². The lowest BCUT2D eigenvalue weighted by molar-refractivity contribution is 0.0863. The van der Waals surface area contributed by atoms with E-state index in [1.807, 2.05) is 0 Å². The van der Waals surface area contributed by atoms with E-state index in [0.29, 0.717) is 11.4 Å². The van der Waals surface area contributed by atoms with Gasteiger partial charge in [0.25, 0.3) is 11.5 Å². The first-order valence-electron chi connectivity index (χ1n) is 9.58. The average molecular weight is 400 g/mol. The molecule has 2 aromatic rings. The number of methoxy groups -OCH3 is 1. The lowest BCUT2D eigenvalue weighted by Gasteiger charge is -2.46. The summed E-state index contributed by atoms with van der Waals surface area (Å²) >= 11 is 0. The predicted octanol–water partition coefficient (Wildman–Crippen LogP) is 1.99. The van der Waals surface area contributed by atoms with Crippen LogP contribution in [0.5, 0.6) is 11.5 Å². The van der Waals surface area contributed by atoms with Gasteiger partial charge in [-0.2, -0.15) is 9.78 Å². The molecule has 8 heteroatoms. The Morgan fingerprint density at radius 2 is 1.86 bits per heavy atom. The van der Waals surface area contributed by atoms with Gasteiger partial charge in [0.15, 0.2) is 11.4 Å². The Hall–Kier alpha value is -2.87. The topological polar surface area (TPSA) is 105 Å². The van der Waals surface area contributed by atoms with Crippen molar-refractivity contribution < 1.29 is 14.6 Å². The van der Waals surface area contributed by atoms with E-state index in [1.165, 1.54) is 7.11 Å². The maximum absolute atomic E-state index is 12.9. The quantitative estimate of drug-likeness (QED) is 0.725. The smallest absolute Gasteiger partial charge is 0.275 e. The van der Waals surface area contributed by atoms with Crippen LogP contribution in [-0.2, 0) is 0 Å². The summed E-state index contributed by atoms with van der Waals surface area (Å²) in [5, 5.41) is 20.9. The van der Waals surface area contributed by atoms with Crippen LogP contribution in [0.4, 0.5) is 0 Å². The zero-order valence-corrected chi connectivity index (χ0v) is 17.4. The Bertz CT molecular complexity index is 965. The fourth-order valence-corrected chi connectivity index (χ4v) is 4.26. The third kappa shape index (κ3) is 4.59. The molecule has 0 saturated carbocycles. The number of nitrogens with one attached hydrogen (secondary N) is 2. The van der Waals surface area contributed by atoms with Crippen molar-refractivity contribution in [2.24, 2.45) is 0 Å². The number of aromatic nitrogens is 2. The number of nitrogens with zero attached hydrogens (tertiary/aromatic N) is 2. The molecule has 3 N–H and O–H groups in total. The molecular formula is C21H28N4O4. The third-order valence-corrected chi connectivity index (χ3v) is 4.97. The lowest BCUT2D eigenvalue weighted by atomic mass is 9.79. The molecule has 29 heavy (non-hydrogen) atoms. The van der Waals surface area contributed by atoms with Gasteiger partial charge in [-0.3, -0.25) is 9.59 Å². The minimum Gasteiger partial charge on any atom is -0.505 e. The molecule has 1 aliphatic heterocycles. The van der Waals surface area contributed by atoms with Crippen LogP contribution in [-0.4, -0.2) is 45.0 Å². The Morgan fingerprint density at radius 1 is 1.24 bits per heavy atom. The second-order valence-electron chi connectivity index (χ2n) is 8.77. The normalized spacial score (nSPS) is 18.2. The highest BCUT2D eigenvalue weighted by atomic mass is 16.5. The fourth-order valence-electron chi connectivity index (χ4n) is 4.26. The Labute approximate surface area is 169 Å². The van der Waals surface area contributed by atoms with Crippen molar-refractivity contribution in [1.82, 2.24) is 20.4 Å². The number of rotatable bonds is 4. The number of benzene rings is 1. The molecule has 2 heterocycles. The van der Waals surface area contributed by atoms with E-state index in [4.69, 9.17) is 4.74 Å². The van der Waals surface area contributed by atoms with Gasteiger partial charge >= 0.3 is 0 Å². The number of hydrogen-bond donors (Lipinski definition) is 3. The summed E-state index contributed by atoms with van der Waals surface area (Å²) in [5.74, 6) is -0.545. The van der Waals surface area contributed by atoms with E-state index in [1.54, 1.807) is 24.3 Å². The molecule has 0 radical (unpaired) electrons. The van der Waals surface area contributed by atoms with Crippen LogP contribution in [0.25, 0.3) is 5.69 Å². The first kappa shape index (κ1) is 20.9. The Morgan fingerprint density at radius 3 is 2.48 bits per heavy atom. The van der Waals surface area contributed by atoms with Gasteiger partial charge < -0.3 is 20.5 Å². The van der Waals surface area contributed by atoms with Crippen molar-refractivity contribution in [2.75, 3.05) is 7.11 Å². The van der Waals surface area contributed by atoms with E-state index >= 15 is 0 Å². The summed E-state index contributed by atoms with van der Waals surface area (Å²) in [5.41, 5.74) is -0.674. The molecule has 0 bridgehead atoms. The minimum atomic E-state index is -0.562. The average Bonchev–Trinajstić information content (AvgIpc) is 2.59. The molecule has 1 aliphatic rings. The highest BCUT2D eigenvalue weighted by molar-refractivity contribution is 5.94. The number of hydrogen-bond acceptors (Lipinski definition) is 6. The Balaban J connectivity index is 1.93. The fraction of sp³-hybridized carbons (Fsp3) is 0.476. The Kier molecular flexibility index (Phi) is 5.40. The van der Waals surface area contributed by atoms with Gasteiger partial charge in [0.05, 0.1) is 7.11 Å². The van der Waals surface area contributed by atoms with Crippen LogP contribution in [0.2, 0.25) is 0 Å². The van der Waals surface area contributed by atoms with Crippen LogP contribution in [0.1, 0.15) is 51.0 Å². The van der Waals surface area contributed by atoms with Gasteiger partial charge in [-0.05, 0) is 52.7 Å². The molecule has 156 valence electrons. The molecule has 8 nitrogen and oxygen atoms in total. The summed E-state index contributed by atoms with van der Waals surface area (Å²) in [6.45, 7) is 8.35. The van der Waals surface area contributed by atoms with E-state index in [9.17, 15) is 14.7 Å². The van der Waals surface area contributed by atoms with E-state index in [-0.39, 0.29) is 22.8 Å². The SMILES string of the molecule is COc1ccccc1-n1nc(C(=O)NC2CC(C)(C)NC(C)(C)C2)c(O)cc1=O. The predicted molar refractivity (Wildman–Crippen MR) is 110 cm³/mol. The molecule has 0 spiro atoms. The molecule has 0 unspecified atom stereocenters. The van der Waals surface area contributed by atoms with E-state index in [2.05, 4.69) is 43.4 Å². The monoisotopic (exact) mass is 400 g/mol. The minimum absolute atomic E-state index is 0.0958. The van der Waals surface area contributed by atoms with E-state index < -0.39 is 17.2 Å². The second-order valence-corrected chi connectivity index (χ2v) is 8.77. The van der Waals surface area contributed by atoms with Crippen LogP contribution in [0, 0.1) is 0 Å². The van der Waals surface area contributed by atoms with Crippen LogP contribution in [0.15, 0.2) is 35.1 Å². The van der Waals surface area contributed by atoms with Gasteiger partial charge in [-0.25, -0.2) is 0 Å². The van der Waals surface area contributed by atoms with Crippen molar-refractivity contribution in [3.05, 3.63) is 46.4 Å². The van der Waals surface area contributed by atoms with Crippen LogP contribution >= 0.6 is 0 Å². The second kappa shape index (κ2) is 7.51. The number of piperidine rings is 1. The first-order valence-corrected chi connectivity index (χ1v) is 9.58. The van der Waals surface area contributed by atoms with Crippen molar-refractivity contribution >= 4 is 5.91 Å². The summed E-state index contributed by atoms with van der Waals surface area (Å²) in [6.07, 6.45) is 1.46. The molecule has 1 amide bonds. The maximum Gasteiger partial charge on any atom is 0.275 e. The molecule has 0 atom stereocenters. The molecular weight excluding hydrogens is 372 g/mol. The molecule has 3 rings (SSSR count). The maximum atomic E-state index is 12.9. The highest BCUT2D eigenvalue weighted by Crippen LogP contribution is 2.29. The molecule has 1 aromatic heterocycles. The van der Waals surface area contributed by atoms with Crippen molar-refractivity contribution in [1.29, 1.82) is 0 Å². The zero-order chi connectivity index (χ0) is 21.4. The number of ether oxygens (including phenoxy) is 1. The summed E-state index contributed by atoms with van der Waals surface area (Å²) < 4.78 is 6.34. The molecule has 1 fully saturated rings. The molecule has 0 aliphatic carbocycles.